The van der Waals surface area contributed by atoms with Crippen LogP contribution in [0, 0.1) is 5.41 Å². The molecule has 1 aromatic carbocycles. The normalized spacial score (nSPS) is 20.7. The molecule has 0 radical (unpaired) electrons. The smallest absolute Gasteiger partial charge is 0.313 e. The Hall–Kier alpha value is -1.79. The number of benzene rings is 1. The topological polar surface area (TPSA) is 76.1 Å². The van der Waals surface area contributed by atoms with Gasteiger partial charge in [-0.2, -0.15) is 0 Å². The van der Waals surface area contributed by atoms with E-state index in [2.05, 4.69) is 0 Å². The van der Waals surface area contributed by atoms with Gasteiger partial charge in [0, 0.05) is 30.8 Å². The molecule has 1 aromatic rings. The molecule has 0 saturated carbocycles. The summed E-state index contributed by atoms with van der Waals surface area (Å²) in [7, 11) is 2.99. The first-order valence-corrected chi connectivity index (χ1v) is 8.13. The maximum atomic E-state index is 12.7. The molecule has 1 unspecified atom stereocenters. The van der Waals surface area contributed by atoms with Crippen LogP contribution in [0.2, 0.25) is 5.02 Å². The number of rotatable bonds is 6. The Labute approximate surface area is 146 Å². The van der Waals surface area contributed by atoms with Crippen molar-refractivity contribution in [2.45, 2.75) is 19.3 Å². The summed E-state index contributed by atoms with van der Waals surface area (Å²) in [6.45, 7) is 0.758. The van der Waals surface area contributed by atoms with Crippen LogP contribution >= 0.6 is 11.6 Å². The van der Waals surface area contributed by atoms with Gasteiger partial charge in [-0.1, -0.05) is 17.7 Å². The Balaban J connectivity index is 2.17. The van der Waals surface area contributed by atoms with Gasteiger partial charge in [0.25, 0.3) is 0 Å². The number of carbonyl (C=O) groups excluding carboxylic acids is 1. The van der Waals surface area contributed by atoms with Crippen molar-refractivity contribution in [2.24, 2.45) is 5.41 Å². The Bertz CT molecular complexity index is 617. The van der Waals surface area contributed by atoms with Gasteiger partial charge in [-0.05, 0) is 25.0 Å². The van der Waals surface area contributed by atoms with Gasteiger partial charge in [-0.3, -0.25) is 9.59 Å². The maximum absolute atomic E-state index is 12.7. The molecule has 1 N–H and O–H groups in total. The van der Waals surface area contributed by atoms with Crippen LogP contribution in [-0.4, -0.2) is 55.8 Å². The molecule has 1 heterocycles. The number of hydrogen-bond acceptors (Lipinski definition) is 4. The highest BCUT2D eigenvalue weighted by atomic mass is 35.5. The summed E-state index contributed by atoms with van der Waals surface area (Å²) in [5.74, 6) is -0.547. The van der Waals surface area contributed by atoms with E-state index in [4.69, 9.17) is 21.1 Å². The minimum atomic E-state index is -1.05. The van der Waals surface area contributed by atoms with Gasteiger partial charge in [-0.25, -0.2) is 0 Å². The molecule has 1 saturated heterocycles. The average Bonchev–Trinajstić information content (AvgIpc) is 2.57. The zero-order valence-electron chi connectivity index (χ0n) is 13.9. The number of nitrogens with zero attached hydrogens (tertiary/aromatic N) is 1. The Kier molecular flexibility index (Phi) is 6.07. The second kappa shape index (κ2) is 7.85. The second-order valence-electron chi connectivity index (χ2n) is 6.03. The third kappa shape index (κ3) is 3.82. The number of methoxy groups -OCH3 is 2. The van der Waals surface area contributed by atoms with Crippen LogP contribution in [0.4, 0.5) is 0 Å². The molecule has 0 aromatic heterocycles. The number of carboxylic acid groups (broad SMARTS) is 1. The van der Waals surface area contributed by atoms with Crippen molar-refractivity contribution in [3.8, 4) is 5.75 Å². The van der Waals surface area contributed by atoms with E-state index in [1.807, 2.05) is 0 Å². The minimum absolute atomic E-state index is 0.0749. The van der Waals surface area contributed by atoms with E-state index in [0.29, 0.717) is 35.7 Å². The fourth-order valence-electron chi connectivity index (χ4n) is 3.14. The van der Waals surface area contributed by atoms with Gasteiger partial charge in [0.05, 0.1) is 20.1 Å². The predicted octanol–water partition coefficient (Wildman–Crippen LogP) is 2.23. The molecule has 2 rings (SSSR count). The molecule has 1 aliphatic heterocycles. The summed E-state index contributed by atoms with van der Waals surface area (Å²) in [6.07, 6.45) is 1.20. The molecule has 7 heteroatoms. The van der Waals surface area contributed by atoms with E-state index in [9.17, 15) is 14.7 Å². The van der Waals surface area contributed by atoms with E-state index < -0.39 is 11.4 Å². The van der Waals surface area contributed by atoms with E-state index in [1.165, 1.54) is 14.2 Å². The number of carboxylic acids is 1. The number of carbonyl (C=O) groups is 2. The molecule has 1 fully saturated rings. The van der Waals surface area contributed by atoms with Crippen molar-refractivity contribution in [3.63, 3.8) is 0 Å². The lowest BCUT2D eigenvalue weighted by atomic mass is 9.80. The molecule has 0 aliphatic carbocycles. The van der Waals surface area contributed by atoms with E-state index in [1.54, 1.807) is 23.1 Å². The zero-order valence-corrected chi connectivity index (χ0v) is 14.6. The van der Waals surface area contributed by atoms with E-state index in [0.717, 1.165) is 0 Å². The van der Waals surface area contributed by atoms with Crippen LogP contribution in [0.3, 0.4) is 0 Å². The molecule has 0 bridgehead atoms. The summed E-state index contributed by atoms with van der Waals surface area (Å²) in [5.41, 5.74) is -0.433. The highest BCUT2D eigenvalue weighted by Crippen LogP contribution is 2.32. The number of likely N-dealkylation sites (tertiary alicyclic amines) is 1. The third-order valence-electron chi connectivity index (χ3n) is 4.43. The quantitative estimate of drug-likeness (QED) is 0.846. The molecule has 1 amide bonds. The lowest BCUT2D eigenvalue weighted by molar-refractivity contribution is -0.159. The predicted molar refractivity (Wildman–Crippen MR) is 89.5 cm³/mol. The van der Waals surface area contributed by atoms with Crippen LogP contribution in [-0.2, 0) is 20.7 Å². The van der Waals surface area contributed by atoms with Gasteiger partial charge < -0.3 is 19.5 Å². The Morgan fingerprint density at radius 1 is 1.38 bits per heavy atom. The molecule has 1 atom stereocenters. The van der Waals surface area contributed by atoms with Crippen molar-refractivity contribution in [1.29, 1.82) is 0 Å². The molecular formula is C17H22ClNO5. The van der Waals surface area contributed by atoms with Gasteiger partial charge in [-0.15, -0.1) is 0 Å². The summed E-state index contributed by atoms with van der Waals surface area (Å²) in [5, 5.41) is 10.0. The summed E-state index contributed by atoms with van der Waals surface area (Å²) < 4.78 is 10.4. The number of aliphatic carboxylic acids is 1. The monoisotopic (exact) mass is 355 g/mol. The highest BCUT2D eigenvalue weighted by Gasteiger charge is 2.43. The second-order valence-corrected chi connectivity index (χ2v) is 6.44. The van der Waals surface area contributed by atoms with Crippen molar-refractivity contribution in [1.82, 2.24) is 4.90 Å². The lowest BCUT2D eigenvalue weighted by Crippen LogP contribution is -2.52. The minimum Gasteiger partial charge on any atom is -0.496 e. The first-order valence-electron chi connectivity index (χ1n) is 7.75. The van der Waals surface area contributed by atoms with Crippen LogP contribution < -0.4 is 4.74 Å². The van der Waals surface area contributed by atoms with E-state index in [-0.39, 0.29) is 25.5 Å². The van der Waals surface area contributed by atoms with Crippen LogP contribution in [0.25, 0.3) is 0 Å². The Morgan fingerprint density at radius 2 is 2.12 bits per heavy atom. The highest BCUT2D eigenvalue weighted by molar-refractivity contribution is 6.31. The summed E-state index contributed by atoms with van der Waals surface area (Å²) in [4.78, 5) is 26.0. The standard InChI is InChI=1S/C17H22ClNO5/c1-23-11-17(16(21)22)7-4-8-19(10-17)15(20)9-12-13(18)5-3-6-14(12)24-2/h3,5-6H,4,7-11H2,1-2H3,(H,21,22). The fourth-order valence-corrected chi connectivity index (χ4v) is 3.37. The lowest BCUT2D eigenvalue weighted by Gasteiger charge is -2.39. The molecule has 6 nitrogen and oxygen atoms in total. The fraction of sp³-hybridized carbons (Fsp3) is 0.529. The van der Waals surface area contributed by atoms with Gasteiger partial charge >= 0.3 is 5.97 Å². The van der Waals surface area contributed by atoms with Gasteiger partial charge in [0.15, 0.2) is 0 Å². The van der Waals surface area contributed by atoms with Crippen molar-refractivity contribution >= 4 is 23.5 Å². The van der Waals surface area contributed by atoms with Crippen LogP contribution in [0.1, 0.15) is 18.4 Å². The zero-order chi connectivity index (χ0) is 17.7. The average molecular weight is 356 g/mol. The Morgan fingerprint density at radius 3 is 2.75 bits per heavy atom. The van der Waals surface area contributed by atoms with Crippen LogP contribution in [0.5, 0.6) is 5.75 Å². The molecular weight excluding hydrogens is 334 g/mol. The number of hydrogen-bond donors (Lipinski definition) is 1. The SMILES string of the molecule is COCC1(C(=O)O)CCCN(C(=O)Cc2c(Cl)cccc2OC)C1. The van der Waals surface area contributed by atoms with Crippen molar-refractivity contribution < 1.29 is 24.2 Å². The van der Waals surface area contributed by atoms with Gasteiger partial charge in [0.2, 0.25) is 5.91 Å². The molecule has 24 heavy (non-hydrogen) atoms. The maximum Gasteiger partial charge on any atom is 0.313 e. The molecule has 132 valence electrons. The third-order valence-corrected chi connectivity index (χ3v) is 4.78. The molecule has 1 aliphatic rings. The summed E-state index contributed by atoms with van der Waals surface area (Å²) >= 11 is 6.18. The number of piperidine rings is 1. The van der Waals surface area contributed by atoms with Crippen LogP contribution in [0.15, 0.2) is 18.2 Å². The number of ether oxygens (including phenoxy) is 2. The first kappa shape index (κ1) is 18.5. The first-order chi connectivity index (χ1) is 11.4. The summed E-state index contributed by atoms with van der Waals surface area (Å²) in [6, 6.07) is 5.20. The van der Waals surface area contributed by atoms with Crippen molar-refractivity contribution in [3.05, 3.63) is 28.8 Å². The van der Waals surface area contributed by atoms with Gasteiger partial charge in [0.1, 0.15) is 11.2 Å². The van der Waals surface area contributed by atoms with Crippen molar-refractivity contribution in [2.75, 3.05) is 33.9 Å². The van der Waals surface area contributed by atoms with E-state index >= 15 is 0 Å². The number of halogens is 1. The molecule has 0 spiro atoms. The number of amides is 1. The largest absolute Gasteiger partial charge is 0.496 e.